The molecule has 1 aliphatic rings. The molecule has 0 radical (unpaired) electrons. The number of halogens is 1. The van der Waals surface area contributed by atoms with Gasteiger partial charge in [-0.15, -0.1) is 11.6 Å². The van der Waals surface area contributed by atoms with E-state index in [4.69, 9.17) is 16.3 Å². The maximum absolute atomic E-state index is 5.76. The minimum atomic E-state index is 0.348. The van der Waals surface area contributed by atoms with Crippen molar-refractivity contribution in [3.8, 4) is 0 Å². The molecule has 1 saturated carbocycles. The van der Waals surface area contributed by atoms with Gasteiger partial charge < -0.3 is 4.74 Å². The molecule has 0 heterocycles. The van der Waals surface area contributed by atoms with Crippen LogP contribution in [0.4, 0.5) is 0 Å². The normalized spacial score (nSPS) is 21.6. The molecule has 0 spiro atoms. The van der Waals surface area contributed by atoms with Crippen molar-refractivity contribution in [1.29, 1.82) is 0 Å². The average molecular weight is 163 g/mol. The highest BCUT2D eigenvalue weighted by Gasteiger charge is 2.42. The Hall–Kier alpha value is 0.250. The van der Waals surface area contributed by atoms with Crippen LogP contribution >= 0.6 is 11.6 Å². The van der Waals surface area contributed by atoms with E-state index in [1.807, 2.05) is 0 Å². The summed E-state index contributed by atoms with van der Waals surface area (Å²) >= 11 is 5.76. The van der Waals surface area contributed by atoms with E-state index in [1.54, 1.807) is 0 Å². The first-order valence-corrected chi connectivity index (χ1v) is 4.40. The Morgan fingerprint density at radius 3 is 2.40 bits per heavy atom. The van der Waals surface area contributed by atoms with Crippen molar-refractivity contribution >= 4 is 11.6 Å². The number of hydrogen-bond donors (Lipinski definition) is 0. The van der Waals surface area contributed by atoms with Gasteiger partial charge in [-0.2, -0.15) is 0 Å². The first-order chi connectivity index (χ1) is 4.68. The van der Waals surface area contributed by atoms with E-state index in [1.165, 1.54) is 12.8 Å². The Bertz CT molecular complexity index is 108. The van der Waals surface area contributed by atoms with Gasteiger partial charge in [0.05, 0.1) is 12.7 Å². The molecule has 1 nitrogen and oxygen atoms in total. The van der Waals surface area contributed by atoms with Crippen LogP contribution < -0.4 is 0 Å². The average Bonchev–Trinajstić information content (AvgIpc) is 2.64. The molecular weight excluding hydrogens is 148 g/mol. The van der Waals surface area contributed by atoms with E-state index in [-0.39, 0.29) is 0 Å². The lowest BCUT2D eigenvalue weighted by Gasteiger charge is -2.13. The van der Waals surface area contributed by atoms with Crippen molar-refractivity contribution in [2.24, 2.45) is 5.41 Å². The van der Waals surface area contributed by atoms with Crippen LogP contribution in [0, 0.1) is 5.41 Å². The fraction of sp³-hybridized carbons (Fsp3) is 1.00. The number of hydrogen-bond acceptors (Lipinski definition) is 1. The highest BCUT2D eigenvalue weighted by molar-refractivity contribution is 6.18. The van der Waals surface area contributed by atoms with E-state index >= 15 is 0 Å². The summed E-state index contributed by atoms with van der Waals surface area (Å²) in [6.45, 7) is 4.97. The van der Waals surface area contributed by atoms with Gasteiger partial charge in [-0.05, 0) is 26.7 Å². The highest BCUT2D eigenvalue weighted by Crippen LogP contribution is 2.46. The molecule has 0 aromatic rings. The van der Waals surface area contributed by atoms with Gasteiger partial charge in [0.1, 0.15) is 0 Å². The molecule has 0 aromatic heterocycles. The lowest BCUT2D eigenvalue weighted by atomic mass is 10.2. The summed E-state index contributed by atoms with van der Waals surface area (Å²) in [5.41, 5.74) is 0.367. The molecule has 0 amide bonds. The van der Waals surface area contributed by atoms with E-state index in [0.29, 0.717) is 11.5 Å². The molecule has 1 aliphatic carbocycles. The zero-order chi connectivity index (χ0) is 7.61. The third-order valence-corrected chi connectivity index (χ3v) is 2.53. The van der Waals surface area contributed by atoms with Crippen molar-refractivity contribution in [2.75, 3.05) is 12.5 Å². The molecule has 1 fully saturated rings. The summed E-state index contributed by atoms with van der Waals surface area (Å²) in [4.78, 5) is 0. The van der Waals surface area contributed by atoms with E-state index in [0.717, 1.165) is 12.5 Å². The Balaban J connectivity index is 2.13. The van der Waals surface area contributed by atoms with Crippen LogP contribution in [0.5, 0.6) is 0 Å². The highest BCUT2D eigenvalue weighted by atomic mass is 35.5. The number of alkyl halides is 1. The molecule has 0 aliphatic heterocycles. The minimum Gasteiger partial charge on any atom is -0.378 e. The van der Waals surface area contributed by atoms with Gasteiger partial charge in [-0.25, -0.2) is 0 Å². The van der Waals surface area contributed by atoms with Crippen molar-refractivity contribution in [1.82, 2.24) is 0 Å². The summed E-state index contributed by atoms with van der Waals surface area (Å²) in [6, 6.07) is 0. The molecule has 0 atom stereocenters. The minimum absolute atomic E-state index is 0.348. The summed E-state index contributed by atoms with van der Waals surface area (Å²) in [7, 11) is 0. The Morgan fingerprint density at radius 2 is 2.10 bits per heavy atom. The topological polar surface area (TPSA) is 9.23 Å². The van der Waals surface area contributed by atoms with E-state index in [9.17, 15) is 0 Å². The second-order valence-corrected chi connectivity index (χ2v) is 3.76. The molecule has 10 heavy (non-hydrogen) atoms. The van der Waals surface area contributed by atoms with Crippen LogP contribution in [-0.4, -0.2) is 18.6 Å². The zero-order valence-electron chi connectivity index (χ0n) is 6.69. The van der Waals surface area contributed by atoms with Crippen LogP contribution in [0.15, 0.2) is 0 Å². The van der Waals surface area contributed by atoms with E-state index in [2.05, 4.69) is 13.8 Å². The number of rotatable bonds is 4. The smallest absolute Gasteiger partial charge is 0.0537 e. The van der Waals surface area contributed by atoms with Crippen LogP contribution in [0.25, 0.3) is 0 Å². The Morgan fingerprint density at radius 1 is 1.50 bits per heavy atom. The van der Waals surface area contributed by atoms with Crippen molar-refractivity contribution in [2.45, 2.75) is 32.8 Å². The maximum atomic E-state index is 5.76. The maximum Gasteiger partial charge on any atom is 0.0537 e. The lowest BCUT2D eigenvalue weighted by Crippen LogP contribution is -2.15. The summed E-state index contributed by atoms with van der Waals surface area (Å²) in [5, 5.41) is 0. The molecule has 60 valence electrons. The van der Waals surface area contributed by atoms with Crippen molar-refractivity contribution < 1.29 is 4.74 Å². The van der Waals surface area contributed by atoms with Crippen molar-refractivity contribution in [3.63, 3.8) is 0 Å². The van der Waals surface area contributed by atoms with Gasteiger partial charge in [-0.3, -0.25) is 0 Å². The fourth-order valence-corrected chi connectivity index (χ4v) is 1.18. The molecule has 0 unspecified atom stereocenters. The third kappa shape index (κ3) is 2.14. The number of ether oxygens (including phenoxy) is 1. The van der Waals surface area contributed by atoms with Crippen LogP contribution in [-0.2, 0) is 4.74 Å². The molecule has 0 aromatic carbocycles. The Kier molecular flexibility index (Phi) is 2.59. The van der Waals surface area contributed by atoms with Crippen molar-refractivity contribution in [3.05, 3.63) is 0 Å². The second kappa shape index (κ2) is 3.10. The van der Waals surface area contributed by atoms with E-state index < -0.39 is 0 Å². The van der Waals surface area contributed by atoms with Gasteiger partial charge in [-0.1, -0.05) is 0 Å². The summed E-state index contributed by atoms with van der Waals surface area (Å²) < 4.78 is 5.48. The predicted molar refractivity (Wildman–Crippen MR) is 43.5 cm³/mol. The van der Waals surface area contributed by atoms with Gasteiger partial charge in [0.15, 0.2) is 0 Å². The lowest BCUT2D eigenvalue weighted by molar-refractivity contribution is 0.0493. The fourth-order valence-electron chi connectivity index (χ4n) is 0.837. The first-order valence-electron chi connectivity index (χ1n) is 3.86. The standard InChI is InChI=1S/C8H15ClO/c1-7(2)10-6-8(5-9)3-4-8/h7H,3-6H2,1-2H3. The second-order valence-electron chi connectivity index (χ2n) is 3.49. The van der Waals surface area contributed by atoms with Crippen LogP contribution in [0.2, 0.25) is 0 Å². The monoisotopic (exact) mass is 162 g/mol. The van der Waals surface area contributed by atoms with Gasteiger partial charge in [0.25, 0.3) is 0 Å². The molecule has 0 saturated heterocycles. The SMILES string of the molecule is CC(C)OCC1(CCl)CC1. The largest absolute Gasteiger partial charge is 0.378 e. The van der Waals surface area contributed by atoms with Gasteiger partial charge in [0.2, 0.25) is 0 Å². The van der Waals surface area contributed by atoms with Crippen LogP contribution in [0.3, 0.4) is 0 Å². The Labute approximate surface area is 67.7 Å². The molecular formula is C8H15ClO. The molecule has 0 bridgehead atoms. The third-order valence-electron chi connectivity index (χ3n) is 1.96. The summed E-state index contributed by atoms with van der Waals surface area (Å²) in [6.07, 6.45) is 2.85. The van der Waals surface area contributed by atoms with Crippen LogP contribution in [0.1, 0.15) is 26.7 Å². The molecule has 1 rings (SSSR count). The van der Waals surface area contributed by atoms with Gasteiger partial charge >= 0.3 is 0 Å². The van der Waals surface area contributed by atoms with Gasteiger partial charge in [0, 0.05) is 11.3 Å². The molecule has 2 heteroatoms. The summed E-state index contributed by atoms with van der Waals surface area (Å²) in [5.74, 6) is 0.764. The first kappa shape index (κ1) is 8.35. The molecule has 0 N–H and O–H groups in total. The quantitative estimate of drug-likeness (QED) is 0.577. The zero-order valence-corrected chi connectivity index (χ0v) is 7.45. The predicted octanol–water partition coefficient (Wildman–Crippen LogP) is 2.43.